The summed E-state index contributed by atoms with van der Waals surface area (Å²) in [6.07, 6.45) is 1.74. The number of nitrogens with zero attached hydrogens (tertiary/aromatic N) is 2. The second-order valence-corrected chi connectivity index (χ2v) is 7.84. The number of benzene rings is 2. The van der Waals surface area contributed by atoms with Gasteiger partial charge in [0, 0.05) is 13.1 Å². The lowest BCUT2D eigenvalue weighted by Gasteiger charge is -2.11. The molecule has 2 aromatic rings. The molecule has 0 aliphatic carbocycles. The predicted molar refractivity (Wildman–Crippen MR) is 123 cm³/mol. The lowest BCUT2D eigenvalue weighted by molar-refractivity contribution is -0.122. The van der Waals surface area contributed by atoms with Gasteiger partial charge in [-0.1, -0.05) is 29.8 Å². The smallest absolute Gasteiger partial charge is 0.266 e. The van der Waals surface area contributed by atoms with Gasteiger partial charge in [-0.3, -0.25) is 19.5 Å². The van der Waals surface area contributed by atoms with Gasteiger partial charge in [0.05, 0.1) is 15.6 Å². The molecule has 162 valence electrons. The van der Waals surface area contributed by atoms with Crippen LogP contribution in [0.3, 0.4) is 0 Å². The van der Waals surface area contributed by atoms with Crippen molar-refractivity contribution in [3.05, 3.63) is 63.8 Å². The molecule has 31 heavy (non-hydrogen) atoms. The lowest BCUT2D eigenvalue weighted by atomic mass is 10.2. The quantitative estimate of drug-likeness (QED) is 0.601. The zero-order chi connectivity index (χ0) is 22.4. The molecule has 1 fully saturated rings. The summed E-state index contributed by atoms with van der Waals surface area (Å²) in [5, 5.41) is 3.42. The number of amides is 2. The van der Waals surface area contributed by atoms with E-state index < -0.39 is 11.7 Å². The van der Waals surface area contributed by atoms with Crippen LogP contribution in [0.1, 0.15) is 19.4 Å². The monoisotopic (exact) mass is 461 g/mol. The van der Waals surface area contributed by atoms with Crippen molar-refractivity contribution < 1.29 is 18.7 Å². The minimum absolute atomic E-state index is 0.0787. The first-order valence-corrected chi connectivity index (χ1v) is 10.8. The van der Waals surface area contributed by atoms with E-state index in [0.717, 1.165) is 5.56 Å². The number of rotatable bonds is 7. The van der Waals surface area contributed by atoms with Crippen LogP contribution < -0.4 is 10.1 Å². The van der Waals surface area contributed by atoms with Crippen LogP contribution in [0.15, 0.2) is 52.4 Å². The Morgan fingerprint density at radius 3 is 2.74 bits per heavy atom. The van der Waals surface area contributed by atoms with Crippen molar-refractivity contribution in [1.82, 2.24) is 4.90 Å². The number of para-hydroxylation sites is 1. The summed E-state index contributed by atoms with van der Waals surface area (Å²) in [6, 6.07) is 10.9. The fourth-order valence-corrected chi connectivity index (χ4v) is 4.16. The van der Waals surface area contributed by atoms with Crippen LogP contribution in [-0.4, -0.2) is 41.6 Å². The summed E-state index contributed by atoms with van der Waals surface area (Å²) < 4.78 is 19.1. The second-order valence-electron chi connectivity index (χ2n) is 6.42. The van der Waals surface area contributed by atoms with Gasteiger partial charge in [-0.05, 0) is 61.5 Å². The minimum Gasteiger partial charge on any atom is -0.482 e. The first-order chi connectivity index (χ1) is 14.9. The van der Waals surface area contributed by atoms with Crippen LogP contribution in [0.2, 0.25) is 5.02 Å². The van der Waals surface area contributed by atoms with Gasteiger partial charge in [0.15, 0.2) is 11.8 Å². The normalized spacial score (nSPS) is 16.3. The standard InChI is InChI=1S/C22H21ClFN3O3S/c1-3-25-22-27(4-2)21(29)19(31-22)12-14-9-10-18(15(23)11-14)30-13-20(28)26-17-8-6-5-7-16(17)24/h5-12H,3-4,13H2,1-2H3,(H,26,28)/b19-12-,25-22?. The minimum atomic E-state index is -0.528. The highest BCUT2D eigenvalue weighted by atomic mass is 35.5. The first-order valence-electron chi connectivity index (χ1n) is 9.65. The summed E-state index contributed by atoms with van der Waals surface area (Å²) >= 11 is 7.61. The number of hydrogen-bond donors (Lipinski definition) is 1. The number of hydrogen-bond acceptors (Lipinski definition) is 5. The number of nitrogens with one attached hydrogen (secondary N) is 1. The van der Waals surface area contributed by atoms with Gasteiger partial charge in [-0.25, -0.2) is 4.39 Å². The van der Waals surface area contributed by atoms with Gasteiger partial charge in [0.25, 0.3) is 11.8 Å². The molecule has 2 aromatic carbocycles. The zero-order valence-corrected chi connectivity index (χ0v) is 18.6. The third kappa shape index (κ3) is 5.65. The Kier molecular flexibility index (Phi) is 7.70. The van der Waals surface area contributed by atoms with E-state index in [1.54, 1.807) is 35.2 Å². The summed E-state index contributed by atoms with van der Waals surface area (Å²) in [6.45, 7) is 4.64. The molecular weight excluding hydrogens is 441 g/mol. The summed E-state index contributed by atoms with van der Waals surface area (Å²) in [4.78, 5) is 31.1. The average Bonchev–Trinajstić information content (AvgIpc) is 3.03. The van der Waals surface area contributed by atoms with Crippen molar-refractivity contribution in [1.29, 1.82) is 0 Å². The molecule has 1 heterocycles. The molecule has 6 nitrogen and oxygen atoms in total. The Hall–Kier alpha value is -2.84. The molecule has 0 radical (unpaired) electrons. The lowest BCUT2D eigenvalue weighted by Crippen LogP contribution is -2.28. The molecule has 9 heteroatoms. The molecule has 0 bridgehead atoms. The Morgan fingerprint density at radius 2 is 2.06 bits per heavy atom. The van der Waals surface area contributed by atoms with E-state index in [9.17, 15) is 14.0 Å². The molecule has 0 unspecified atom stereocenters. The van der Waals surface area contributed by atoms with Crippen molar-refractivity contribution in [2.75, 3.05) is 25.0 Å². The van der Waals surface area contributed by atoms with Gasteiger partial charge in [0.2, 0.25) is 0 Å². The van der Waals surface area contributed by atoms with E-state index in [2.05, 4.69) is 10.3 Å². The van der Waals surface area contributed by atoms with Crippen LogP contribution in [0.5, 0.6) is 5.75 Å². The highest BCUT2D eigenvalue weighted by molar-refractivity contribution is 8.18. The molecular formula is C22H21ClFN3O3S. The SMILES string of the molecule is CCN=C1S/C(=C\c2ccc(OCC(=O)Nc3ccccc3F)c(Cl)c2)C(=O)N1CC. The third-order valence-corrected chi connectivity index (χ3v) is 5.60. The van der Waals surface area contributed by atoms with Crippen molar-refractivity contribution in [3.63, 3.8) is 0 Å². The molecule has 0 atom stereocenters. The largest absolute Gasteiger partial charge is 0.482 e. The van der Waals surface area contributed by atoms with E-state index in [1.807, 2.05) is 13.8 Å². The van der Waals surface area contributed by atoms with Crippen LogP contribution in [0.25, 0.3) is 6.08 Å². The van der Waals surface area contributed by atoms with E-state index in [4.69, 9.17) is 16.3 Å². The van der Waals surface area contributed by atoms with Crippen LogP contribution in [0.4, 0.5) is 10.1 Å². The topological polar surface area (TPSA) is 71.0 Å². The number of thioether (sulfide) groups is 1. The molecule has 2 amide bonds. The Bertz CT molecular complexity index is 1060. The molecule has 1 aliphatic heterocycles. The van der Waals surface area contributed by atoms with Gasteiger partial charge < -0.3 is 10.1 Å². The maximum absolute atomic E-state index is 13.6. The highest BCUT2D eigenvalue weighted by Crippen LogP contribution is 2.34. The molecule has 0 saturated carbocycles. The van der Waals surface area contributed by atoms with Crippen LogP contribution in [-0.2, 0) is 9.59 Å². The fraction of sp³-hybridized carbons (Fsp3) is 0.227. The molecule has 0 aromatic heterocycles. The van der Waals surface area contributed by atoms with Crippen LogP contribution >= 0.6 is 23.4 Å². The molecule has 1 aliphatic rings. The summed E-state index contributed by atoms with van der Waals surface area (Å²) in [5.41, 5.74) is 0.799. The second kappa shape index (κ2) is 10.5. The van der Waals surface area contributed by atoms with Gasteiger partial charge in [0.1, 0.15) is 11.6 Å². The number of aliphatic imine (C=N–C) groups is 1. The summed E-state index contributed by atoms with van der Waals surface area (Å²) in [7, 11) is 0. The van der Waals surface area contributed by atoms with Crippen molar-refractivity contribution in [2.45, 2.75) is 13.8 Å². The fourth-order valence-electron chi connectivity index (χ4n) is 2.81. The van der Waals surface area contributed by atoms with E-state index >= 15 is 0 Å². The molecule has 1 saturated heterocycles. The Morgan fingerprint density at radius 1 is 1.29 bits per heavy atom. The third-order valence-electron chi connectivity index (χ3n) is 4.26. The number of likely N-dealkylation sites (N-methyl/N-ethyl adjacent to an activating group) is 1. The number of halogens is 2. The molecule has 0 spiro atoms. The van der Waals surface area contributed by atoms with Crippen LogP contribution in [0, 0.1) is 5.82 Å². The van der Waals surface area contributed by atoms with Crippen molar-refractivity contribution >= 4 is 52.1 Å². The predicted octanol–water partition coefficient (Wildman–Crippen LogP) is 4.81. The van der Waals surface area contributed by atoms with Crippen molar-refractivity contribution in [2.24, 2.45) is 4.99 Å². The van der Waals surface area contributed by atoms with E-state index in [1.165, 1.54) is 30.0 Å². The maximum Gasteiger partial charge on any atom is 0.266 e. The Balaban J connectivity index is 1.66. The number of ether oxygens (including phenoxy) is 1. The van der Waals surface area contributed by atoms with E-state index in [0.29, 0.717) is 33.9 Å². The molecule has 1 N–H and O–H groups in total. The number of anilines is 1. The average molecular weight is 462 g/mol. The molecule has 3 rings (SSSR count). The highest BCUT2D eigenvalue weighted by Gasteiger charge is 2.31. The zero-order valence-electron chi connectivity index (χ0n) is 17.0. The van der Waals surface area contributed by atoms with Crippen molar-refractivity contribution in [3.8, 4) is 5.75 Å². The van der Waals surface area contributed by atoms with Gasteiger partial charge in [-0.2, -0.15) is 0 Å². The van der Waals surface area contributed by atoms with E-state index in [-0.39, 0.29) is 18.2 Å². The number of carbonyl (C=O) groups excluding carboxylic acids is 2. The number of amidine groups is 1. The maximum atomic E-state index is 13.6. The van der Waals surface area contributed by atoms with Gasteiger partial charge >= 0.3 is 0 Å². The Labute approximate surface area is 189 Å². The van der Waals surface area contributed by atoms with Gasteiger partial charge in [-0.15, -0.1) is 0 Å². The first kappa shape index (κ1) is 22.8. The number of carbonyl (C=O) groups is 2. The summed E-state index contributed by atoms with van der Waals surface area (Å²) in [5.74, 6) is -0.829.